The van der Waals surface area contributed by atoms with Gasteiger partial charge in [-0.2, -0.15) is 0 Å². The van der Waals surface area contributed by atoms with Crippen molar-refractivity contribution in [3.05, 3.63) is 90.2 Å². The normalized spacial score (nSPS) is 11.4. The fourth-order valence-electron chi connectivity index (χ4n) is 2.64. The SMILES string of the molecule is COc1ccc(NC(=O)N[C@@H](COc2ccccc2F)c2ccccc2)cc1. The molecule has 0 spiro atoms. The first-order valence-corrected chi connectivity index (χ1v) is 8.79. The number of methoxy groups -OCH3 is 1. The molecule has 0 aliphatic rings. The highest BCUT2D eigenvalue weighted by Gasteiger charge is 2.16. The Kier molecular flexibility index (Phi) is 6.46. The molecular weight excluding hydrogens is 359 g/mol. The second-order valence-corrected chi connectivity index (χ2v) is 6.03. The Morgan fingerprint density at radius 1 is 0.964 bits per heavy atom. The molecule has 0 bridgehead atoms. The Balaban J connectivity index is 1.68. The van der Waals surface area contributed by atoms with Gasteiger partial charge in [0.1, 0.15) is 12.4 Å². The highest BCUT2D eigenvalue weighted by Crippen LogP contribution is 2.20. The van der Waals surface area contributed by atoms with Crippen LogP contribution in [0.2, 0.25) is 0 Å². The number of ether oxygens (including phenoxy) is 2. The van der Waals surface area contributed by atoms with Gasteiger partial charge in [0.15, 0.2) is 11.6 Å². The van der Waals surface area contributed by atoms with E-state index in [0.29, 0.717) is 11.4 Å². The van der Waals surface area contributed by atoms with Gasteiger partial charge < -0.3 is 20.1 Å². The van der Waals surface area contributed by atoms with Crippen molar-refractivity contribution in [1.82, 2.24) is 5.32 Å². The van der Waals surface area contributed by atoms with E-state index < -0.39 is 17.9 Å². The summed E-state index contributed by atoms with van der Waals surface area (Å²) in [6, 6.07) is 21.7. The Morgan fingerprint density at radius 2 is 1.64 bits per heavy atom. The lowest BCUT2D eigenvalue weighted by Gasteiger charge is -2.20. The monoisotopic (exact) mass is 380 g/mol. The summed E-state index contributed by atoms with van der Waals surface area (Å²) in [5.74, 6) is 0.393. The number of benzene rings is 3. The maximum Gasteiger partial charge on any atom is 0.319 e. The fraction of sp³-hybridized carbons (Fsp3) is 0.136. The van der Waals surface area contributed by atoms with E-state index in [1.54, 1.807) is 49.6 Å². The summed E-state index contributed by atoms with van der Waals surface area (Å²) in [6.45, 7) is 0.0843. The van der Waals surface area contributed by atoms with Gasteiger partial charge in [0.05, 0.1) is 13.2 Å². The number of urea groups is 1. The van der Waals surface area contributed by atoms with E-state index in [1.807, 2.05) is 30.3 Å². The Bertz CT molecular complexity index is 901. The number of halogens is 1. The molecule has 3 rings (SSSR count). The molecule has 0 heterocycles. The average Bonchev–Trinajstić information content (AvgIpc) is 2.73. The van der Waals surface area contributed by atoms with Crippen LogP contribution in [0.25, 0.3) is 0 Å². The zero-order valence-electron chi connectivity index (χ0n) is 15.4. The predicted octanol–water partition coefficient (Wildman–Crippen LogP) is 4.78. The van der Waals surface area contributed by atoms with Gasteiger partial charge in [0, 0.05) is 5.69 Å². The van der Waals surface area contributed by atoms with Crippen LogP contribution in [0, 0.1) is 5.82 Å². The van der Waals surface area contributed by atoms with Crippen LogP contribution in [0.1, 0.15) is 11.6 Å². The van der Waals surface area contributed by atoms with Crippen LogP contribution in [0.5, 0.6) is 11.5 Å². The van der Waals surface area contributed by atoms with Gasteiger partial charge in [0.2, 0.25) is 0 Å². The zero-order chi connectivity index (χ0) is 19.8. The van der Waals surface area contributed by atoms with Crippen molar-refractivity contribution >= 4 is 11.7 Å². The smallest absolute Gasteiger partial charge is 0.319 e. The molecule has 0 saturated carbocycles. The standard InChI is InChI=1S/C22H21FN2O3/c1-27-18-13-11-17(12-14-18)24-22(26)25-20(16-7-3-2-4-8-16)15-28-21-10-6-5-9-19(21)23/h2-14,20H,15H2,1H3,(H2,24,25,26)/t20-/m0/s1. The molecule has 0 aliphatic heterocycles. The van der Waals surface area contributed by atoms with Gasteiger partial charge in [-0.15, -0.1) is 0 Å². The maximum absolute atomic E-state index is 13.8. The van der Waals surface area contributed by atoms with Gasteiger partial charge in [-0.3, -0.25) is 0 Å². The van der Waals surface area contributed by atoms with Crippen LogP contribution in [-0.2, 0) is 0 Å². The lowest BCUT2D eigenvalue weighted by Crippen LogP contribution is -2.35. The third-order valence-electron chi connectivity index (χ3n) is 4.10. The van der Waals surface area contributed by atoms with Gasteiger partial charge >= 0.3 is 6.03 Å². The summed E-state index contributed by atoms with van der Waals surface area (Å²) in [6.07, 6.45) is 0. The number of hydrogen-bond acceptors (Lipinski definition) is 3. The molecule has 3 aromatic carbocycles. The third kappa shape index (κ3) is 5.23. The zero-order valence-corrected chi connectivity index (χ0v) is 15.4. The molecule has 2 N–H and O–H groups in total. The molecule has 6 heteroatoms. The van der Waals surface area contributed by atoms with Crippen LogP contribution in [0.4, 0.5) is 14.9 Å². The lowest BCUT2D eigenvalue weighted by molar-refractivity contribution is 0.231. The van der Waals surface area contributed by atoms with Crippen molar-refractivity contribution < 1.29 is 18.7 Å². The van der Waals surface area contributed by atoms with Crippen molar-refractivity contribution in [3.63, 3.8) is 0 Å². The Labute approximate surface area is 163 Å². The van der Waals surface area contributed by atoms with E-state index in [4.69, 9.17) is 9.47 Å². The molecule has 2 amide bonds. The molecule has 0 radical (unpaired) electrons. The summed E-state index contributed by atoms with van der Waals surface area (Å²) >= 11 is 0. The van der Waals surface area contributed by atoms with Gasteiger partial charge in [-0.1, -0.05) is 42.5 Å². The van der Waals surface area contributed by atoms with E-state index in [9.17, 15) is 9.18 Å². The van der Waals surface area contributed by atoms with E-state index in [0.717, 1.165) is 5.56 Å². The average molecular weight is 380 g/mol. The molecule has 28 heavy (non-hydrogen) atoms. The molecular formula is C22H21FN2O3. The van der Waals surface area contributed by atoms with Crippen LogP contribution < -0.4 is 20.1 Å². The van der Waals surface area contributed by atoms with E-state index in [1.165, 1.54) is 6.07 Å². The predicted molar refractivity (Wildman–Crippen MR) is 106 cm³/mol. The minimum atomic E-state index is -0.459. The van der Waals surface area contributed by atoms with Crippen molar-refractivity contribution in [1.29, 1.82) is 0 Å². The van der Waals surface area contributed by atoms with Gasteiger partial charge in [-0.25, -0.2) is 9.18 Å². The quantitative estimate of drug-likeness (QED) is 0.620. The summed E-state index contributed by atoms with van der Waals surface area (Å²) in [5.41, 5.74) is 1.48. The van der Waals surface area contributed by atoms with Crippen LogP contribution >= 0.6 is 0 Å². The van der Waals surface area contributed by atoms with Crippen molar-refractivity contribution in [2.75, 3.05) is 19.0 Å². The van der Waals surface area contributed by atoms with Crippen molar-refractivity contribution in [2.24, 2.45) is 0 Å². The first-order valence-electron chi connectivity index (χ1n) is 8.79. The molecule has 0 fully saturated rings. The molecule has 144 valence electrons. The van der Waals surface area contributed by atoms with Gasteiger partial charge in [-0.05, 0) is 42.0 Å². The highest BCUT2D eigenvalue weighted by molar-refractivity contribution is 5.89. The minimum absolute atomic E-state index is 0.0843. The van der Waals surface area contributed by atoms with Crippen LogP contribution in [0.15, 0.2) is 78.9 Å². The molecule has 0 saturated heterocycles. The molecule has 0 aromatic heterocycles. The Hall–Kier alpha value is -3.54. The molecule has 0 aliphatic carbocycles. The van der Waals surface area contributed by atoms with Crippen molar-refractivity contribution in [3.8, 4) is 11.5 Å². The number of nitrogens with one attached hydrogen (secondary N) is 2. The number of anilines is 1. The first-order chi connectivity index (χ1) is 13.7. The van der Waals surface area contributed by atoms with Crippen molar-refractivity contribution in [2.45, 2.75) is 6.04 Å². The summed E-state index contributed by atoms with van der Waals surface area (Å²) < 4.78 is 24.5. The Morgan fingerprint density at radius 3 is 2.32 bits per heavy atom. The fourth-order valence-corrected chi connectivity index (χ4v) is 2.64. The lowest BCUT2D eigenvalue weighted by atomic mass is 10.1. The molecule has 5 nitrogen and oxygen atoms in total. The maximum atomic E-state index is 13.8. The molecule has 1 atom stereocenters. The summed E-state index contributed by atoms with van der Waals surface area (Å²) in [7, 11) is 1.58. The number of rotatable bonds is 7. The molecule has 3 aromatic rings. The highest BCUT2D eigenvalue weighted by atomic mass is 19.1. The van der Waals surface area contributed by atoms with Crippen LogP contribution in [0.3, 0.4) is 0 Å². The van der Waals surface area contributed by atoms with Gasteiger partial charge in [0.25, 0.3) is 0 Å². The number of carbonyl (C=O) groups is 1. The topological polar surface area (TPSA) is 59.6 Å². The van der Waals surface area contributed by atoms with Crippen LogP contribution in [-0.4, -0.2) is 19.7 Å². The second-order valence-electron chi connectivity index (χ2n) is 6.03. The third-order valence-corrected chi connectivity index (χ3v) is 4.10. The number of para-hydroxylation sites is 1. The number of hydrogen-bond donors (Lipinski definition) is 2. The molecule has 0 unspecified atom stereocenters. The van der Waals surface area contributed by atoms with E-state index in [-0.39, 0.29) is 12.4 Å². The minimum Gasteiger partial charge on any atom is -0.497 e. The first kappa shape index (κ1) is 19.2. The number of carbonyl (C=O) groups excluding carboxylic acids is 1. The summed E-state index contributed by atoms with van der Waals surface area (Å²) in [5, 5.41) is 5.64. The largest absolute Gasteiger partial charge is 0.497 e. The second kappa shape index (κ2) is 9.41. The van der Waals surface area contributed by atoms with E-state index >= 15 is 0 Å². The number of amides is 2. The van der Waals surface area contributed by atoms with E-state index in [2.05, 4.69) is 10.6 Å². The summed E-state index contributed by atoms with van der Waals surface area (Å²) in [4.78, 5) is 12.4.